The summed E-state index contributed by atoms with van der Waals surface area (Å²) in [6, 6.07) is 5.65. The first kappa shape index (κ1) is 19.3. The molecule has 11 heteroatoms. The van der Waals surface area contributed by atoms with Gasteiger partial charge in [-0.1, -0.05) is 11.6 Å². The van der Waals surface area contributed by atoms with Gasteiger partial charge in [-0.25, -0.2) is 4.99 Å². The molecule has 0 aliphatic carbocycles. The Bertz CT molecular complexity index is 817. The molecule has 2 aliphatic heterocycles. The average Bonchev–Trinajstić information content (AvgIpc) is 2.59. The highest BCUT2D eigenvalue weighted by Crippen LogP contribution is 2.28. The molecule has 0 aromatic heterocycles. The molecule has 3 rings (SSSR count). The summed E-state index contributed by atoms with van der Waals surface area (Å²) >= 11 is 6.08. The third-order valence-corrected chi connectivity index (χ3v) is 3.66. The van der Waals surface area contributed by atoms with Gasteiger partial charge in [-0.05, 0) is 30.3 Å². The number of allylic oxidation sites excluding steroid dienone is 2. The number of aliphatic imine (C=N–C) groups is 2. The lowest BCUT2D eigenvalue weighted by Crippen LogP contribution is -2.40. The lowest BCUT2D eigenvalue weighted by Gasteiger charge is -2.29. The summed E-state index contributed by atoms with van der Waals surface area (Å²) in [5, 5.41) is 2.53. The van der Waals surface area contributed by atoms with E-state index in [2.05, 4.69) is 20.0 Å². The van der Waals surface area contributed by atoms with Crippen LogP contribution in [-0.2, 0) is 0 Å². The molecule has 27 heavy (non-hydrogen) atoms. The summed E-state index contributed by atoms with van der Waals surface area (Å²) in [5.41, 5.74) is 1.00. The molecule has 1 atom stereocenters. The zero-order valence-corrected chi connectivity index (χ0v) is 14.2. The largest absolute Gasteiger partial charge is 0.435 e. The van der Waals surface area contributed by atoms with Crippen molar-refractivity contribution in [3.8, 4) is 5.75 Å². The highest BCUT2D eigenvalue weighted by molar-refractivity contribution is 6.35. The predicted octanol–water partition coefficient (Wildman–Crippen LogP) is 4.03. The highest BCUT2D eigenvalue weighted by atomic mass is 35.5. The van der Waals surface area contributed by atoms with Crippen molar-refractivity contribution < 1.29 is 26.7 Å². The Morgan fingerprint density at radius 1 is 1.22 bits per heavy atom. The quantitative estimate of drug-likeness (QED) is 0.751. The SMILES string of the molecule is FC(F)Oc1ccc(N2C=C(Cl)C=C3C=NC(NCC(F)(F)F)N=C32)cc1. The van der Waals surface area contributed by atoms with E-state index in [9.17, 15) is 22.0 Å². The third-order valence-electron chi connectivity index (χ3n) is 3.46. The number of nitrogens with one attached hydrogen (secondary N) is 1. The van der Waals surface area contributed by atoms with Crippen LogP contribution in [0.2, 0.25) is 0 Å². The molecule has 1 aromatic rings. The van der Waals surface area contributed by atoms with Crippen molar-refractivity contribution in [2.24, 2.45) is 9.98 Å². The van der Waals surface area contributed by atoms with Crippen molar-refractivity contribution in [2.45, 2.75) is 19.1 Å². The Morgan fingerprint density at radius 3 is 2.56 bits per heavy atom. The first-order chi connectivity index (χ1) is 12.7. The molecule has 5 nitrogen and oxygen atoms in total. The van der Waals surface area contributed by atoms with Crippen LogP contribution in [0.3, 0.4) is 0 Å². The fraction of sp³-hybridized carbons (Fsp3) is 0.250. The number of anilines is 1. The Morgan fingerprint density at radius 2 is 1.93 bits per heavy atom. The third kappa shape index (κ3) is 5.04. The minimum atomic E-state index is -4.40. The second kappa shape index (κ2) is 7.65. The van der Waals surface area contributed by atoms with Gasteiger partial charge in [0.25, 0.3) is 0 Å². The topological polar surface area (TPSA) is 49.2 Å². The van der Waals surface area contributed by atoms with Gasteiger partial charge in [0.2, 0.25) is 0 Å². The molecule has 2 heterocycles. The maximum absolute atomic E-state index is 12.4. The van der Waals surface area contributed by atoms with E-state index in [1.54, 1.807) is 6.08 Å². The van der Waals surface area contributed by atoms with E-state index in [1.807, 2.05) is 0 Å². The van der Waals surface area contributed by atoms with Crippen LogP contribution < -0.4 is 15.0 Å². The monoisotopic (exact) mass is 406 g/mol. The molecule has 0 spiro atoms. The minimum absolute atomic E-state index is 0.0338. The molecule has 0 fully saturated rings. The Labute approximate surface area is 155 Å². The fourth-order valence-electron chi connectivity index (χ4n) is 2.40. The van der Waals surface area contributed by atoms with E-state index in [0.717, 1.165) is 0 Å². The number of rotatable bonds is 5. The minimum Gasteiger partial charge on any atom is -0.435 e. The van der Waals surface area contributed by atoms with Gasteiger partial charge in [0, 0.05) is 23.7 Å². The number of amidine groups is 1. The number of nitrogens with zero attached hydrogens (tertiary/aromatic N) is 3. The van der Waals surface area contributed by atoms with E-state index in [4.69, 9.17) is 11.6 Å². The number of ether oxygens (including phenoxy) is 1. The second-order valence-electron chi connectivity index (χ2n) is 5.46. The predicted molar refractivity (Wildman–Crippen MR) is 91.3 cm³/mol. The van der Waals surface area contributed by atoms with Crippen LogP contribution in [0.5, 0.6) is 5.75 Å². The zero-order valence-electron chi connectivity index (χ0n) is 13.4. The van der Waals surface area contributed by atoms with Crippen molar-refractivity contribution in [3.05, 3.63) is 47.1 Å². The van der Waals surface area contributed by atoms with E-state index in [1.165, 1.54) is 41.6 Å². The maximum Gasteiger partial charge on any atom is 0.401 e. The molecule has 144 valence electrons. The number of alkyl halides is 5. The maximum atomic E-state index is 12.4. The number of hydrogen-bond acceptors (Lipinski definition) is 5. The van der Waals surface area contributed by atoms with Crippen LogP contribution in [0, 0.1) is 0 Å². The van der Waals surface area contributed by atoms with Crippen LogP contribution in [-0.4, -0.2) is 37.7 Å². The second-order valence-corrected chi connectivity index (χ2v) is 5.89. The average molecular weight is 407 g/mol. The molecule has 1 unspecified atom stereocenters. The molecule has 0 radical (unpaired) electrons. The molecular formula is C16H12ClF5N4O. The van der Waals surface area contributed by atoms with E-state index < -0.39 is 25.6 Å². The molecule has 2 aliphatic rings. The number of hydrogen-bond donors (Lipinski definition) is 1. The van der Waals surface area contributed by atoms with Gasteiger partial charge in [-0.3, -0.25) is 10.3 Å². The number of halogens is 6. The van der Waals surface area contributed by atoms with E-state index in [-0.39, 0.29) is 5.75 Å². The number of fused-ring (bicyclic) bond motifs is 1. The Hall–Kier alpha value is -2.46. The number of benzene rings is 1. The van der Waals surface area contributed by atoms with Crippen LogP contribution in [0.25, 0.3) is 0 Å². The first-order valence-corrected chi connectivity index (χ1v) is 7.94. The van der Waals surface area contributed by atoms with Gasteiger partial charge in [0.1, 0.15) is 11.6 Å². The summed E-state index contributed by atoms with van der Waals surface area (Å²) in [6.07, 6.45) is -1.08. The van der Waals surface area contributed by atoms with Crippen molar-refractivity contribution in [1.82, 2.24) is 5.32 Å². The molecule has 1 N–H and O–H groups in total. The van der Waals surface area contributed by atoms with Crippen LogP contribution in [0.15, 0.2) is 57.1 Å². The summed E-state index contributed by atoms with van der Waals surface area (Å²) in [5.74, 6) is 0.282. The summed E-state index contributed by atoms with van der Waals surface area (Å²) in [7, 11) is 0. The Kier molecular flexibility index (Phi) is 5.47. The van der Waals surface area contributed by atoms with Crippen LogP contribution in [0.4, 0.5) is 27.6 Å². The standard InChI is InChI=1S/C16H12ClF5N4O/c17-10-5-9-6-23-15(24-8-16(20,21)22)25-13(9)26(7-10)11-1-3-12(4-2-11)27-14(18)19/h1-7,14-15,24H,8H2. The van der Waals surface area contributed by atoms with Gasteiger partial charge in [0.15, 0.2) is 6.29 Å². The first-order valence-electron chi connectivity index (χ1n) is 7.56. The molecule has 0 amide bonds. The highest BCUT2D eigenvalue weighted by Gasteiger charge is 2.30. The normalized spacial score (nSPS) is 19.4. The zero-order chi connectivity index (χ0) is 19.6. The van der Waals surface area contributed by atoms with E-state index in [0.29, 0.717) is 22.1 Å². The molecule has 0 bridgehead atoms. The lowest BCUT2D eigenvalue weighted by molar-refractivity contribution is -0.126. The van der Waals surface area contributed by atoms with Gasteiger partial charge < -0.3 is 9.64 Å². The Balaban J connectivity index is 1.84. The van der Waals surface area contributed by atoms with Gasteiger partial charge >= 0.3 is 12.8 Å². The van der Waals surface area contributed by atoms with Crippen LogP contribution in [0.1, 0.15) is 0 Å². The van der Waals surface area contributed by atoms with Crippen LogP contribution >= 0.6 is 11.6 Å². The smallest absolute Gasteiger partial charge is 0.401 e. The van der Waals surface area contributed by atoms with Crippen molar-refractivity contribution in [1.29, 1.82) is 0 Å². The van der Waals surface area contributed by atoms with Crippen molar-refractivity contribution in [3.63, 3.8) is 0 Å². The fourth-order valence-corrected chi connectivity index (χ4v) is 2.61. The van der Waals surface area contributed by atoms with Crippen molar-refractivity contribution >= 4 is 29.3 Å². The molecule has 0 saturated carbocycles. The van der Waals surface area contributed by atoms with Gasteiger partial charge in [-0.15, -0.1) is 0 Å². The summed E-state index contributed by atoms with van der Waals surface area (Å²) < 4.78 is 66.0. The van der Waals surface area contributed by atoms with Crippen molar-refractivity contribution in [2.75, 3.05) is 11.4 Å². The van der Waals surface area contributed by atoms with Gasteiger partial charge in [0.05, 0.1) is 11.6 Å². The summed E-state index contributed by atoms with van der Waals surface area (Å²) in [4.78, 5) is 9.62. The summed E-state index contributed by atoms with van der Waals surface area (Å²) in [6.45, 7) is -4.20. The van der Waals surface area contributed by atoms with Gasteiger partial charge in [-0.2, -0.15) is 22.0 Å². The molecular weight excluding hydrogens is 395 g/mol. The molecule has 0 saturated heterocycles. The van der Waals surface area contributed by atoms with E-state index >= 15 is 0 Å². The molecule has 1 aromatic carbocycles. The lowest BCUT2D eigenvalue weighted by atomic mass is 10.1.